The Labute approximate surface area is 108 Å². The van der Waals surface area contributed by atoms with E-state index in [0.29, 0.717) is 11.3 Å². The topological polar surface area (TPSA) is 43.6 Å². The van der Waals surface area contributed by atoms with E-state index in [1.807, 2.05) is 24.3 Å². The first-order valence-electron chi connectivity index (χ1n) is 6.29. The zero-order valence-corrected chi connectivity index (χ0v) is 10.9. The fourth-order valence-corrected chi connectivity index (χ4v) is 2.01. The Hall–Kier alpha value is -1.55. The van der Waals surface area contributed by atoms with Crippen LogP contribution in [0.25, 0.3) is 0 Å². The van der Waals surface area contributed by atoms with E-state index in [0.717, 1.165) is 25.9 Å². The number of hydrogen-bond donors (Lipinski definition) is 0. The number of para-hydroxylation sites is 1. The third kappa shape index (κ3) is 3.01. The molecular formula is C14H19N2O2. The molecule has 97 valence electrons. The SMILES string of the molecule is CN(C)C(=O)c1ccccc1OC1CC[N]CC1. The van der Waals surface area contributed by atoms with Gasteiger partial charge in [0.15, 0.2) is 0 Å². The van der Waals surface area contributed by atoms with Gasteiger partial charge in [-0.25, -0.2) is 5.32 Å². The molecule has 18 heavy (non-hydrogen) atoms. The normalized spacial score (nSPS) is 16.3. The van der Waals surface area contributed by atoms with Crippen LogP contribution >= 0.6 is 0 Å². The van der Waals surface area contributed by atoms with Crippen LogP contribution in [0, 0.1) is 0 Å². The molecular weight excluding hydrogens is 228 g/mol. The Morgan fingerprint density at radius 1 is 1.28 bits per heavy atom. The Balaban J connectivity index is 2.14. The van der Waals surface area contributed by atoms with Crippen molar-refractivity contribution in [2.75, 3.05) is 27.2 Å². The molecule has 0 aliphatic carbocycles. The number of piperidine rings is 1. The summed E-state index contributed by atoms with van der Waals surface area (Å²) in [6, 6.07) is 7.43. The first-order chi connectivity index (χ1) is 8.68. The van der Waals surface area contributed by atoms with Crippen molar-refractivity contribution in [3.05, 3.63) is 29.8 Å². The van der Waals surface area contributed by atoms with E-state index in [9.17, 15) is 4.79 Å². The van der Waals surface area contributed by atoms with Crippen LogP contribution in [0.5, 0.6) is 5.75 Å². The van der Waals surface area contributed by atoms with Crippen molar-refractivity contribution in [1.82, 2.24) is 10.2 Å². The van der Waals surface area contributed by atoms with Gasteiger partial charge in [-0.05, 0) is 25.0 Å². The highest BCUT2D eigenvalue weighted by Gasteiger charge is 2.19. The van der Waals surface area contributed by atoms with E-state index in [1.165, 1.54) is 0 Å². The first-order valence-corrected chi connectivity index (χ1v) is 6.29. The fraction of sp³-hybridized carbons (Fsp3) is 0.500. The summed E-state index contributed by atoms with van der Waals surface area (Å²) in [4.78, 5) is 13.6. The molecule has 2 rings (SSSR count). The predicted molar refractivity (Wildman–Crippen MR) is 70.0 cm³/mol. The van der Waals surface area contributed by atoms with Crippen LogP contribution in [-0.4, -0.2) is 44.1 Å². The predicted octanol–water partition coefficient (Wildman–Crippen LogP) is 1.53. The average Bonchev–Trinajstić information content (AvgIpc) is 2.39. The standard InChI is InChI=1S/C14H19N2O2/c1-16(2)14(17)12-5-3-4-6-13(12)18-11-7-9-15-10-8-11/h3-6,11H,7-10H2,1-2H3. The van der Waals surface area contributed by atoms with E-state index in [2.05, 4.69) is 5.32 Å². The minimum absolute atomic E-state index is 0.0221. The Morgan fingerprint density at radius 3 is 2.61 bits per heavy atom. The van der Waals surface area contributed by atoms with Crippen LogP contribution in [0.2, 0.25) is 0 Å². The van der Waals surface area contributed by atoms with Crippen molar-refractivity contribution in [2.45, 2.75) is 18.9 Å². The summed E-state index contributed by atoms with van der Waals surface area (Å²) in [7, 11) is 3.50. The summed E-state index contributed by atoms with van der Waals surface area (Å²) in [5, 5.41) is 4.30. The smallest absolute Gasteiger partial charge is 0.257 e. The molecule has 0 unspecified atom stereocenters. The Morgan fingerprint density at radius 2 is 1.94 bits per heavy atom. The first kappa shape index (κ1) is 12.9. The molecule has 0 aromatic heterocycles. The zero-order valence-electron chi connectivity index (χ0n) is 10.9. The van der Waals surface area contributed by atoms with Crippen LogP contribution in [0.4, 0.5) is 0 Å². The highest BCUT2D eigenvalue weighted by atomic mass is 16.5. The lowest BCUT2D eigenvalue weighted by Crippen LogP contribution is -2.31. The van der Waals surface area contributed by atoms with Gasteiger partial charge in [-0.2, -0.15) is 0 Å². The molecule has 1 amide bonds. The second kappa shape index (κ2) is 5.87. The molecule has 0 bridgehead atoms. The molecule has 0 atom stereocenters. The largest absolute Gasteiger partial charge is 0.489 e. The molecule has 1 aromatic carbocycles. The monoisotopic (exact) mass is 247 g/mol. The van der Waals surface area contributed by atoms with Gasteiger partial charge in [-0.1, -0.05) is 12.1 Å². The number of rotatable bonds is 3. The van der Waals surface area contributed by atoms with Crippen molar-refractivity contribution in [3.8, 4) is 5.75 Å². The summed E-state index contributed by atoms with van der Waals surface area (Å²) in [5.41, 5.74) is 0.630. The van der Waals surface area contributed by atoms with Crippen molar-refractivity contribution < 1.29 is 9.53 Å². The van der Waals surface area contributed by atoms with Crippen molar-refractivity contribution in [1.29, 1.82) is 0 Å². The van der Waals surface area contributed by atoms with E-state index >= 15 is 0 Å². The maximum absolute atomic E-state index is 12.0. The summed E-state index contributed by atoms with van der Waals surface area (Å²) >= 11 is 0. The van der Waals surface area contributed by atoms with Gasteiger partial charge in [0, 0.05) is 27.2 Å². The molecule has 4 heteroatoms. The van der Waals surface area contributed by atoms with Gasteiger partial charge < -0.3 is 9.64 Å². The molecule has 1 aliphatic heterocycles. The quantitative estimate of drug-likeness (QED) is 0.813. The zero-order chi connectivity index (χ0) is 13.0. The second-order valence-corrected chi connectivity index (χ2v) is 4.68. The van der Waals surface area contributed by atoms with Crippen molar-refractivity contribution >= 4 is 5.91 Å². The number of carbonyl (C=O) groups is 1. The van der Waals surface area contributed by atoms with Gasteiger partial charge in [-0.15, -0.1) is 0 Å². The van der Waals surface area contributed by atoms with E-state index in [4.69, 9.17) is 4.74 Å². The minimum atomic E-state index is -0.0221. The van der Waals surface area contributed by atoms with Gasteiger partial charge in [0.1, 0.15) is 11.9 Å². The second-order valence-electron chi connectivity index (χ2n) is 4.68. The van der Waals surface area contributed by atoms with Crippen molar-refractivity contribution in [3.63, 3.8) is 0 Å². The molecule has 4 nitrogen and oxygen atoms in total. The number of hydrogen-bond acceptors (Lipinski definition) is 2. The molecule has 0 saturated carbocycles. The molecule has 0 spiro atoms. The van der Waals surface area contributed by atoms with Gasteiger partial charge >= 0.3 is 0 Å². The third-order valence-electron chi connectivity index (χ3n) is 3.04. The van der Waals surface area contributed by atoms with E-state index in [1.54, 1.807) is 19.0 Å². The highest BCUT2D eigenvalue weighted by Crippen LogP contribution is 2.22. The summed E-state index contributed by atoms with van der Waals surface area (Å²) in [6.45, 7) is 1.71. The number of carbonyl (C=O) groups excluding carboxylic acids is 1. The van der Waals surface area contributed by atoms with E-state index < -0.39 is 0 Å². The number of nitrogens with zero attached hydrogens (tertiary/aromatic N) is 2. The van der Waals surface area contributed by atoms with Crippen LogP contribution in [0.3, 0.4) is 0 Å². The fourth-order valence-electron chi connectivity index (χ4n) is 2.01. The molecule has 1 heterocycles. The lowest BCUT2D eigenvalue weighted by Gasteiger charge is -2.24. The van der Waals surface area contributed by atoms with Crippen LogP contribution in [-0.2, 0) is 0 Å². The average molecular weight is 247 g/mol. The Bertz CT molecular complexity index is 412. The number of benzene rings is 1. The molecule has 1 aliphatic rings. The van der Waals surface area contributed by atoms with Gasteiger partial charge in [0.2, 0.25) is 0 Å². The highest BCUT2D eigenvalue weighted by molar-refractivity contribution is 5.96. The number of ether oxygens (including phenoxy) is 1. The lowest BCUT2D eigenvalue weighted by molar-refractivity contribution is 0.0817. The van der Waals surface area contributed by atoms with Crippen LogP contribution in [0.1, 0.15) is 23.2 Å². The molecule has 1 fully saturated rings. The molecule has 1 radical (unpaired) electrons. The summed E-state index contributed by atoms with van der Waals surface area (Å²) in [6.07, 6.45) is 2.05. The van der Waals surface area contributed by atoms with E-state index in [-0.39, 0.29) is 12.0 Å². The number of amides is 1. The lowest BCUT2D eigenvalue weighted by atomic mass is 10.1. The van der Waals surface area contributed by atoms with Crippen LogP contribution in [0.15, 0.2) is 24.3 Å². The van der Waals surface area contributed by atoms with Gasteiger partial charge in [-0.3, -0.25) is 4.79 Å². The summed E-state index contributed by atoms with van der Waals surface area (Å²) in [5.74, 6) is 0.661. The Kier molecular flexibility index (Phi) is 4.20. The third-order valence-corrected chi connectivity index (χ3v) is 3.04. The minimum Gasteiger partial charge on any atom is -0.489 e. The maximum atomic E-state index is 12.0. The molecule has 0 N–H and O–H groups in total. The van der Waals surface area contributed by atoms with Gasteiger partial charge in [0.05, 0.1) is 5.56 Å². The summed E-state index contributed by atoms with van der Waals surface area (Å²) < 4.78 is 5.95. The molecule has 1 aromatic rings. The molecule has 1 saturated heterocycles. The maximum Gasteiger partial charge on any atom is 0.257 e. The van der Waals surface area contributed by atoms with Crippen molar-refractivity contribution in [2.24, 2.45) is 0 Å². The van der Waals surface area contributed by atoms with Crippen LogP contribution < -0.4 is 10.1 Å². The van der Waals surface area contributed by atoms with Gasteiger partial charge in [0.25, 0.3) is 5.91 Å².